The van der Waals surface area contributed by atoms with Gasteiger partial charge in [-0.15, -0.1) is 0 Å². The lowest BCUT2D eigenvalue weighted by molar-refractivity contribution is 0.380. The van der Waals surface area contributed by atoms with Crippen LogP contribution in [0.5, 0.6) is 0 Å². The molecule has 38 heavy (non-hydrogen) atoms. The molecule has 1 aromatic heterocycles. The molecule has 6 aromatic rings. The van der Waals surface area contributed by atoms with Gasteiger partial charge < -0.3 is 9.38 Å². The average molecular weight is 508 g/mol. The maximum atomic E-state index is 15.3. The summed E-state index contributed by atoms with van der Waals surface area (Å²) in [6.07, 6.45) is 0. The van der Waals surface area contributed by atoms with Crippen LogP contribution < -0.4 is 15.8 Å². The Morgan fingerprint density at radius 3 is 1.95 bits per heavy atom. The Balaban J connectivity index is 1.56. The van der Waals surface area contributed by atoms with Gasteiger partial charge in [0, 0.05) is 38.7 Å². The van der Waals surface area contributed by atoms with E-state index in [0.717, 1.165) is 43.3 Å². The first kappa shape index (κ1) is 21.5. The Bertz CT molecular complexity index is 1990. The number of aromatic nitrogens is 1. The van der Waals surface area contributed by atoms with E-state index in [4.69, 9.17) is 0 Å². The zero-order chi connectivity index (χ0) is 25.9. The van der Waals surface area contributed by atoms with E-state index in [1.165, 1.54) is 0 Å². The summed E-state index contributed by atoms with van der Waals surface area (Å²) in [6, 6.07) is 26.4. The van der Waals surface area contributed by atoms with Crippen LogP contribution in [0.25, 0.3) is 32.9 Å². The van der Waals surface area contributed by atoms with E-state index in [1.807, 2.05) is 48.5 Å². The van der Waals surface area contributed by atoms with Crippen LogP contribution in [-0.4, -0.2) is 11.3 Å². The molecular formula is C30H14BF5N2. The Kier molecular flexibility index (Phi) is 4.10. The van der Waals surface area contributed by atoms with Crippen molar-refractivity contribution in [1.29, 1.82) is 0 Å². The minimum atomic E-state index is -2.18. The smallest absolute Gasteiger partial charge is 0.333 e. The summed E-state index contributed by atoms with van der Waals surface area (Å²) in [5.41, 5.74) is 4.92. The van der Waals surface area contributed by atoms with Gasteiger partial charge in [0.25, 0.3) is 0 Å². The third-order valence-corrected chi connectivity index (χ3v) is 7.76. The number of hydrogen-bond donors (Lipinski definition) is 0. The highest BCUT2D eigenvalue weighted by Gasteiger charge is 2.44. The summed E-state index contributed by atoms with van der Waals surface area (Å²) in [4.78, 5) is 1.16. The van der Waals surface area contributed by atoms with Crippen LogP contribution in [0.15, 0.2) is 84.9 Å². The van der Waals surface area contributed by atoms with E-state index in [1.54, 1.807) is 24.3 Å². The topological polar surface area (TPSA) is 8.17 Å². The number of benzene rings is 5. The third kappa shape index (κ3) is 2.43. The quantitative estimate of drug-likeness (QED) is 0.101. The monoisotopic (exact) mass is 508 g/mol. The number of halogens is 5. The molecule has 0 radical (unpaired) electrons. The van der Waals surface area contributed by atoms with Gasteiger partial charge in [-0.05, 0) is 34.7 Å². The number of hydrogen-bond acceptors (Lipinski definition) is 1. The number of anilines is 3. The molecule has 2 aliphatic heterocycles. The second-order valence-electron chi connectivity index (χ2n) is 9.54. The van der Waals surface area contributed by atoms with Crippen LogP contribution in [0.2, 0.25) is 0 Å². The fourth-order valence-corrected chi connectivity index (χ4v) is 6.31. The fraction of sp³-hybridized carbons (Fsp3) is 0. The van der Waals surface area contributed by atoms with E-state index in [-0.39, 0.29) is 6.85 Å². The molecule has 2 nitrogen and oxygen atoms in total. The van der Waals surface area contributed by atoms with E-state index in [9.17, 15) is 13.2 Å². The highest BCUT2D eigenvalue weighted by molar-refractivity contribution is 6.90. The first-order valence-electron chi connectivity index (χ1n) is 12.0. The SMILES string of the molecule is Fc1c(F)c(F)c(N2c3ccccc3B3c4c(cccc42)-c2cccc4c5ccccc5n3c24)c(F)c1F. The number of para-hydroxylation sites is 3. The van der Waals surface area contributed by atoms with Gasteiger partial charge in [0.2, 0.25) is 5.82 Å². The predicted molar refractivity (Wildman–Crippen MR) is 140 cm³/mol. The van der Waals surface area contributed by atoms with Crippen LogP contribution in [0.4, 0.5) is 39.0 Å². The van der Waals surface area contributed by atoms with Crippen molar-refractivity contribution < 1.29 is 22.0 Å². The van der Waals surface area contributed by atoms with Crippen molar-refractivity contribution >= 4 is 56.6 Å². The molecule has 0 aliphatic carbocycles. The molecule has 0 unspecified atom stereocenters. The normalized spacial score (nSPS) is 13.3. The lowest BCUT2D eigenvalue weighted by atomic mass is 9.45. The lowest BCUT2D eigenvalue weighted by Gasteiger charge is -2.40. The van der Waals surface area contributed by atoms with E-state index in [0.29, 0.717) is 16.8 Å². The van der Waals surface area contributed by atoms with Crippen LogP contribution in [0.3, 0.4) is 0 Å². The summed E-state index contributed by atoms with van der Waals surface area (Å²) in [5.74, 6) is -9.90. The molecule has 182 valence electrons. The zero-order valence-corrected chi connectivity index (χ0v) is 19.4. The summed E-state index contributed by atoms with van der Waals surface area (Å²) >= 11 is 0. The molecular weight excluding hydrogens is 494 g/mol. The van der Waals surface area contributed by atoms with Crippen molar-refractivity contribution in [3.63, 3.8) is 0 Å². The highest BCUT2D eigenvalue weighted by Crippen LogP contribution is 2.46. The number of rotatable bonds is 1. The van der Waals surface area contributed by atoms with Gasteiger partial charge in [-0.1, -0.05) is 66.7 Å². The fourth-order valence-electron chi connectivity index (χ4n) is 6.31. The van der Waals surface area contributed by atoms with Crippen molar-refractivity contribution in [2.24, 2.45) is 0 Å². The van der Waals surface area contributed by atoms with Gasteiger partial charge >= 0.3 is 6.85 Å². The molecule has 0 N–H and O–H groups in total. The minimum absolute atomic E-state index is 0.343. The summed E-state index contributed by atoms with van der Waals surface area (Å²) in [5, 5.41) is 2.15. The number of fused-ring (bicyclic) bond motifs is 7. The van der Waals surface area contributed by atoms with E-state index >= 15 is 8.78 Å². The molecule has 0 saturated carbocycles. The lowest BCUT2D eigenvalue weighted by Crippen LogP contribution is -2.56. The predicted octanol–water partition coefficient (Wildman–Crippen LogP) is 6.91. The molecule has 0 amide bonds. The molecule has 0 spiro atoms. The van der Waals surface area contributed by atoms with Gasteiger partial charge in [-0.3, -0.25) is 0 Å². The van der Waals surface area contributed by atoms with Crippen molar-refractivity contribution in [1.82, 2.24) is 4.48 Å². The van der Waals surface area contributed by atoms with Crippen molar-refractivity contribution in [2.45, 2.75) is 0 Å². The van der Waals surface area contributed by atoms with Gasteiger partial charge in [0.15, 0.2) is 23.3 Å². The van der Waals surface area contributed by atoms with E-state index in [2.05, 4.69) is 16.6 Å². The van der Waals surface area contributed by atoms with Gasteiger partial charge in [-0.25, -0.2) is 22.0 Å². The Labute approximate surface area is 213 Å². The molecule has 8 rings (SSSR count). The Morgan fingerprint density at radius 2 is 1.13 bits per heavy atom. The van der Waals surface area contributed by atoms with Crippen LogP contribution in [-0.2, 0) is 0 Å². The standard InChI is InChI=1S/C30H14BF5N2/c32-24-25(33)27(35)30(28(36)26(24)34)37-21-13-4-2-11-19(21)31-23-16(8-6-14-22(23)37)18-10-5-9-17-15-7-1-3-12-20(15)38(31)29(17)18/h1-14H. The molecule has 3 heterocycles. The third-order valence-electron chi connectivity index (χ3n) is 7.76. The molecule has 0 bridgehead atoms. The van der Waals surface area contributed by atoms with Crippen LogP contribution in [0, 0.1) is 29.1 Å². The number of nitrogens with zero attached hydrogens (tertiary/aromatic N) is 2. The Morgan fingerprint density at radius 1 is 0.526 bits per heavy atom. The van der Waals surface area contributed by atoms with Crippen molar-refractivity contribution in [3.05, 3.63) is 114 Å². The maximum absolute atomic E-state index is 15.3. The van der Waals surface area contributed by atoms with Crippen LogP contribution in [0.1, 0.15) is 0 Å². The van der Waals surface area contributed by atoms with Gasteiger partial charge in [0.05, 0.1) is 0 Å². The Hall–Kier alpha value is -4.59. The molecule has 0 fully saturated rings. The summed E-state index contributed by atoms with van der Waals surface area (Å²) < 4.78 is 75.7. The summed E-state index contributed by atoms with van der Waals surface area (Å²) in [7, 11) is 0. The second-order valence-corrected chi connectivity index (χ2v) is 9.54. The largest absolute Gasteiger partial charge is 0.375 e. The molecule has 0 saturated heterocycles. The van der Waals surface area contributed by atoms with Gasteiger partial charge in [0.1, 0.15) is 5.69 Å². The molecule has 5 aromatic carbocycles. The minimum Gasteiger partial charge on any atom is -0.375 e. The van der Waals surface area contributed by atoms with Crippen molar-refractivity contribution in [3.8, 4) is 11.1 Å². The van der Waals surface area contributed by atoms with Crippen molar-refractivity contribution in [2.75, 3.05) is 4.90 Å². The molecule has 8 heteroatoms. The van der Waals surface area contributed by atoms with E-state index < -0.39 is 34.8 Å². The highest BCUT2D eigenvalue weighted by atomic mass is 19.2. The zero-order valence-electron chi connectivity index (χ0n) is 19.4. The summed E-state index contributed by atoms with van der Waals surface area (Å²) in [6.45, 7) is -0.382. The second kappa shape index (κ2) is 7.25. The maximum Gasteiger partial charge on any atom is 0.333 e. The molecule has 0 atom stereocenters. The first-order chi connectivity index (χ1) is 18.5. The first-order valence-corrected chi connectivity index (χ1v) is 12.0. The van der Waals surface area contributed by atoms with Gasteiger partial charge in [-0.2, -0.15) is 0 Å². The average Bonchev–Trinajstić information content (AvgIpc) is 3.29. The molecule has 2 aliphatic rings. The van der Waals surface area contributed by atoms with Crippen LogP contribution >= 0.6 is 0 Å².